The third-order valence-electron chi connectivity index (χ3n) is 6.68. The number of nitrogens with one attached hydrogen (secondary N) is 1. The lowest BCUT2D eigenvalue weighted by Gasteiger charge is -2.34. The monoisotopic (exact) mass is 617 g/mol. The molecule has 0 bridgehead atoms. The molecule has 1 unspecified atom stereocenters. The first-order valence-corrected chi connectivity index (χ1v) is 16.1. The molecule has 0 aliphatic heterocycles. The van der Waals surface area contributed by atoms with E-state index in [4.69, 9.17) is 23.2 Å². The van der Waals surface area contributed by atoms with Gasteiger partial charge in [0, 0.05) is 29.6 Å². The van der Waals surface area contributed by atoms with Crippen LogP contribution in [0, 0.1) is 0 Å². The van der Waals surface area contributed by atoms with Crippen molar-refractivity contribution in [1.82, 2.24) is 10.2 Å². The van der Waals surface area contributed by atoms with E-state index < -0.39 is 28.5 Å². The Hall–Kier alpha value is -3.07. The van der Waals surface area contributed by atoms with E-state index in [1.165, 1.54) is 4.90 Å². The molecule has 1 N–H and O–H groups in total. The van der Waals surface area contributed by atoms with E-state index in [0.29, 0.717) is 34.3 Å². The zero-order valence-corrected chi connectivity index (χ0v) is 26.1. The quantitative estimate of drug-likeness (QED) is 0.253. The van der Waals surface area contributed by atoms with E-state index in [1.54, 1.807) is 30.3 Å². The van der Waals surface area contributed by atoms with Crippen LogP contribution in [0.15, 0.2) is 72.8 Å². The van der Waals surface area contributed by atoms with Crippen molar-refractivity contribution in [2.24, 2.45) is 0 Å². The van der Waals surface area contributed by atoms with Gasteiger partial charge >= 0.3 is 0 Å². The Kier molecular flexibility index (Phi) is 11.6. The van der Waals surface area contributed by atoms with Crippen molar-refractivity contribution in [2.45, 2.75) is 52.1 Å². The molecule has 0 saturated heterocycles. The largest absolute Gasteiger partial charge is 0.354 e. The molecule has 0 fully saturated rings. The summed E-state index contributed by atoms with van der Waals surface area (Å²) in [6.07, 6.45) is 2.02. The van der Waals surface area contributed by atoms with Crippen LogP contribution < -0.4 is 9.62 Å². The van der Waals surface area contributed by atoms with Gasteiger partial charge in [0.25, 0.3) is 0 Å². The van der Waals surface area contributed by atoms with E-state index in [0.717, 1.165) is 21.7 Å². The number of carbonyl (C=O) groups is 2. The van der Waals surface area contributed by atoms with E-state index in [2.05, 4.69) is 5.32 Å². The molecule has 2 amide bonds. The molecular weight excluding hydrogens is 581 g/mol. The maximum Gasteiger partial charge on any atom is 0.244 e. The molecule has 0 aliphatic carbocycles. The highest BCUT2D eigenvalue weighted by Gasteiger charge is 2.33. The lowest BCUT2D eigenvalue weighted by atomic mass is 10.0. The summed E-state index contributed by atoms with van der Waals surface area (Å²) in [4.78, 5) is 29.2. The van der Waals surface area contributed by atoms with Gasteiger partial charge in [-0.2, -0.15) is 0 Å². The lowest BCUT2D eigenvalue weighted by molar-refractivity contribution is -0.140. The van der Waals surface area contributed by atoms with Crippen LogP contribution in [0.1, 0.15) is 49.8 Å². The molecule has 3 rings (SSSR count). The predicted octanol–water partition coefficient (Wildman–Crippen LogP) is 6.05. The second-order valence-corrected chi connectivity index (χ2v) is 13.0. The molecule has 0 heterocycles. The number of anilines is 1. The Morgan fingerprint density at radius 1 is 0.951 bits per heavy atom. The first-order chi connectivity index (χ1) is 19.4. The number of nitrogens with zero attached hydrogens (tertiary/aromatic N) is 2. The molecule has 220 valence electrons. The second-order valence-electron chi connectivity index (χ2n) is 10.2. The molecular formula is C31H37Cl2N3O4S. The molecule has 41 heavy (non-hydrogen) atoms. The number of sulfonamides is 1. The molecule has 0 aromatic heterocycles. The summed E-state index contributed by atoms with van der Waals surface area (Å²) in [5.74, 6) is -0.851. The van der Waals surface area contributed by atoms with Crippen molar-refractivity contribution in [3.8, 4) is 0 Å². The Morgan fingerprint density at radius 3 is 2.22 bits per heavy atom. The van der Waals surface area contributed by atoms with Gasteiger partial charge in [0.05, 0.1) is 11.9 Å². The summed E-state index contributed by atoms with van der Waals surface area (Å²) in [6.45, 7) is 5.80. The Morgan fingerprint density at radius 2 is 1.61 bits per heavy atom. The van der Waals surface area contributed by atoms with Crippen LogP contribution in [0.3, 0.4) is 0 Å². The number of benzene rings is 3. The Bertz CT molecular complexity index is 1450. The number of rotatable bonds is 13. The SMILES string of the molecule is CCCNC(=O)C(Cc1ccccc1)N(Cc1ccc(Cl)cc1Cl)C(=O)CN(c1ccccc1C(C)C)S(C)(=O)=O. The van der Waals surface area contributed by atoms with Crippen LogP contribution >= 0.6 is 23.2 Å². The summed E-state index contributed by atoms with van der Waals surface area (Å²) >= 11 is 12.6. The number of hydrogen-bond acceptors (Lipinski definition) is 4. The molecule has 10 heteroatoms. The zero-order chi connectivity index (χ0) is 30.2. The predicted molar refractivity (Wildman–Crippen MR) is 167 cm³/mol. The smallest absolute Gasteiger partial charge is 0.244 e. The number of halogens is 2. The maximum absolute atomic E-state index is 14.2. The molecule has 0 saturated carbocycles. The first kappa shape index (κ1) is 32.4. The van der Waals surface area contributed by atoms with Crippen LogP contribution in [0.5, 0.6) is 0 Å². The average Bonchev–Trinajstić information content (AvgIpc) is 2.93. The number of para-hydroxylation sites is 1. The lowest BCUT2D eigenvalue weighted by Crippen LogP contribution is -2.53. The van der Waals surface area contributed by atoms with Gasteiger partial charge in [-0.05, 0) is 47.2 Å². The highest BCUT2D eigenvalue weighted by molar-refractivity contribution is 7.92. The van der Waals surface area contributed by atoms with E-state index >= 15 is 0 Å². The van der Waals surface area contributed by atoms with Crippen LogP contribution in [0.25, 0.3) is 0 Å². The van der Waals surface area contributed by atoms with E-state index in [9.17, 15) is 18.0 Å². The minimum atomic E-state index is -3.87. The molecule has 0 radical (unpaired) electrons. The van der Waals surface area contributed by atoms with Gasteiger partial charge in [0.2, 0.25) is 21.8 Å². The fraction of sp³-hybridized carbons (Fsp3) is 0.355. The number of amides is 2. The summed E-state index contributed by atoms with van der Waals surface area (Å²) in [6, 6.07) is 20.5. The van der Waals surface area contributed by atoms with Gasteiger partial charge in [-0.1, -0.05) is 98.6 Å². The van der Waals surface area contributed by atoms with Gasteiger partial charge in [0.1, 0.15) is 12.6 Å². The molecule has 7 nitrogen and oxygen atoms in total. The van der Waals surface area contributed by atoms with Crippen molar-refractivity contribution in [3.63, 3.8) is 0 Å². The molecule has 3 aromatic rings. The van der Waals surface area contributed by atoms with E-state index in [-0.39, 0.29) is 24.8 Å². The maximum atomic E-state index is 14.2. The Balaban J connectivity index is 2.11. The minimum Gasteiger partial charge on any atom is -0.354 e. The molecule has 1 atom stereocenters. The van der Waals surface area contributed by atoms with Crippen LogP contribution in [0.2, 0.25) is 10.0 Å². The first-order valence-electron chi connectivity index (χ1n) is 13.5. The van der Waals surface area contributed by atoms with Gasteiger partial charge in [-0.15, -0.1) is 0 Å². The van der Waals surface area contributed by atoms with Gasteiger partial charge in [0.15, 0.2) is 0 Å². The van der Waals surface area contributed by atoms with Crippen molar-refractivity contribution >= 4 is 50.7 Å². The summed E-state index contributed by atoms with van der Waals surface area (Å²) in [5, 5.41) is 3.70. The summed E-state index contributed by atoms with van der Waals surface area (Å²) in [5.41, 5.74) is 2.66. The Labute approximate surface area is 253 Å². The van der Waals surface area contributed by atoms with Gasteiger partial charge in [-0.25, -0.2) is 8.42 Å². The van der Waals surface area contributed by atoms with Crippen molar-refractivity contribution < 1.29 is 18.0 Å². The fourth-order valence-electron chi connectivity index (χ4n) is 4.55. The minimum absolute atomic E-state index is 0.0141. The van der Waals surface area contributed by atoms with Gasteiger partial charge in [-0.3, -0.25) is 13.9 Å². The van der Waals surface area contributed by atoms with Crippen molar-refractivity contribution in [1.29, 1.82) is 0 Å². The van der Waals surface area contributed by atoms with Crippen LogP contribution in [-0.4, -0.2) is 50.5 Å². The van der Waals surface area contributed by atoms with Crippen LogP contribution in [-0.2, 0) is 32.6 Å². The molecule has 0 spiro atoms. The third kappa shape index (κ3) is 8.96. The summed E-state index contributed by atoms with van der Waals surface area (Å²) in [7, 11) is -3.87. The highest BCUT2D eigenvalue weighted by Crippen LogP contribution is 2.30. The average molecular weight is 619 g/mol. The molecule has 0 aliphatic rings. The summed E-state index contributed by atoms with van der Waals surface area (Å²) < 4.78 is 27.3. The van der Waals surface area contributed by atoms with Crippen LogP contribution in [0.4, 0.5) is 5.69 Å². The van der Waals surface area contributed by atoms with Gasteiger partial charge < -0.3 is 10.2 Å². The van der Waals surface area contributed by atoms with Crippen molar-refractivity contribution in [2.75, 3.05) is 23.7 Å². The standard InChI is InChI=1S/C31H37Cl2N3O4S/c1-5-17-34-31(38)29(18-23-11-7-6-8-12-23)35(20-24-15-16-25(32)19-27(24)33)30(37)21-36(41(4,39)40)28-14-10-9-13-26(28)22(2)3/h6-16,19,22,29H,5,17-18,20-21H2,1-4H3,(H,34,38). The number of hydrogen-bond donors (Lipinski definition) is 1. The second kappa shape index (κ2) is 14.7. The highest BCUT2D eigenvalue weighted by atomic mass is 35.5. The van der Waals surface area contributed by atoms with E-state index in [1.807, 2.05) is 63.2 Å². The number of carbonyl (C=O) groups excluding carboxylic acids is 2. The zero-order valence-electron chi connectivity index (χ0n) is 23.8. The third-order valence-corrected chi connectivity index (χ3v) is 8.40. The topological polar surface area (TPSA) is 86.8 Å². The molecule has 3 aromatic carbocycles. The normalized spacial score (nSPS) is 12.2. The van der Waals surface area contributed by atoms with Crippen molar-refractivity contribution in [3.05, 3.63) is 99.5 Å². The fourth-order valence-corrected chi connectivity index (χ4v) is 5.89.